The Morgan fingerprint density at radius 2 is 2.12 bits per heavy atom. The van der Waals surface area contributed by atoms with Crippen molar-refractivity contribution in [2.45, 2.75) is 11.8 Å². The van der Waals surface area contributed by atoms with Crippen LogP contribution in [0.1, 0.15) is 5.56 Å². The first-order valence-electron chi connectivity index (χ1n) is 7.27. The largest absolute Gasteiger partial charge is 0.484 e. The number of nitrogens with zero attached hydrogens (tertiary/aromatic N) is 2. The van der Waals surface area contributed by atoms with E-state index in [0.29, 0.717) is 17.0 Å². The minimum absolute atomic E-state index is 0.000228. The molecule has 8 heteroatoms. The number of aryl methyl sites for hydroxylation is 1. The molecule has 1 N–H and O–H groups in total. The fourth-order valence-electron chi connectivity index (χ4n) is 2.06. The van der Waals surface area contributed by atoms with E-state index in [9.17, 15) is 14.9 Å². The molecule has 0 saturated heterocycles. The van der Waals surface area contributed by atoms with Gasteiger partial charge in [0.15, 0.2) is 6.61 Å². The highest BCUT2D eigenvalue weighted by molar-refractivity contribution is 7.99. The molecule has 128 valence electrons. The number of hydrogen-bond donors (Lipinski definition) is 1. The number of nitro benzene ring substituents is 1. The van der Waals surface area contributed by atoms with Crippen LogP contribution in [0.2, 0.25) is 0 Å². The molecule has 0 aromatic heterocycles. The van der Waals surface area contributed by atoms with Gasteiger partial charge in [0.05, 0.1) is 22.4 Å². The summed E-state index contributed by atoms with van der Waals surface area (Å²) in [7, 11) is 0. The van der Waals surface area contributed by atoms with Gasteiger partial charge in [-0.1, -0.05) is 12.1 Å². The van der Waals surface area contributed by atoms with Gasteiger partial charge in [0.2, 0.25) is 0 Å². The van der Waals surface area contributed by atoms with Gasteiger partial charge in [-0.3, -0.25) is 14.9 Å². The highest BCUT2D eigenvalue weighted by Gasteiger charge is 2.12. The topological polar surface area (TPSA) is 105 Å². The summed E-state index contributed by atoms with van der Waals surface area (Å²) < 4.78 is 5.38. The van der Waals surface area contributed by atoms with E-state index in [-0.39, 0.29) is 24.0 Å². The molecular weight excluding hydrogens is 342 g/mol. The fraction of sp³-hybridized carbons (Fsp3) is 0.176. The Morgan fingerprint density at radius 3 is 2.80 bits per heavy atom. The number of para-hydroxylation sites is 1. The van der Waals surface area contributed by atoms with Gasteiger partial charge < -0.3 is 10.1 Å². The zero-order chi connectivity index (χ0) is 18.2. The van der Waals surface area contributed by atoms with E-state index in [4.69, 9.17) is 10.00 Å². The highest BCUT2D eigenvalue weighted by Crippen LogP contribution is 2.27. The molecule has 0 bridgehead atoms. The van der Waals surface area contributed by atoms with E-state index in [1.54, 1.807) is 19.1 Å². The standard InChI is InChI=1S/C17H15N3O4S/c1-12-10-13(6-7-15(12)20(22)23)24-11-17(21)19-14-4-2-3-5-16(14)25-9-8-18/h2-7,10H,9,11H2,1H3,(H,19,21). The summed E-state index contributed by atoms with van der Waals surface area (Å²) in [6.07, 6.45) is 0. The van der Waals surface area contributed by atoms with E-state index in [1.165, 1.54) is 30.0 Å². The number of anilines is 1. The second-order valence-electron chi connectivity index (χ2n) is 4.99. The van der Waals surface area contributed by atoms with Gasteiger partial charge in [0, 0.05) is 16.5 Å². The maximum Gasteiger partial charge on any atom is 0.272 e. The third-order valence-electron chi connectivity index (χ3n) is 3.19. The van der Waals surface area contributed by atoms with E-state index >= 15 is 0 Å². The van der Waals surface area contributed by atoms with Gasteiger partial charge in [-0.25, -0.2) is 0 Å². The number of thioether (sulfide) groups is 1. The number of nitriles is 1. The van der Waals surface area contributed by atoms with Crippen molar-refractivity contribution < 1.29 is 14.5 Å². The number of rotatable bonds is 7. The molecule has 0 atom stereocenters. The number of carbonyl (C=O) groups is 1. The van der Waals surface area contributed by atoms with Crippen molar-refractivity contribution in [3.8, 4) is 11.8 Å². The van der Waals surface area contributed by atoms with Gasteiger partial charge in [-0.05, 0) is 31.2 Å². The second kappa shape index (κ2) is 8.70. The van der Waals surface area contributed by atoms with E-state index in [1.807, 2.05) is 18.2 Å². The van der Waals surface area contributed by atoms with Crippen molar-refractivity contribution in [2.24, 2.45) is 0 Å². The number of nitro groups is 1. The van der Waals surface area contributed by atoms with Crippen molar-refractivity contribution in [1.82, 2.24) is 0 Å². The lowest BCUT2D eigenvalue weighted by Gasteiger charge is -2.11. The average molecular weight is 357 g/mol. The Bertz CT molecular complexity index is 833. The van der Waals surface area contributed by atoms with Gasteiger partial charge in [-0.15, -0.1) is 11.8 Å². The number of carbonyl (C=O) groups excluding carboxylic acids is 1. The van der Waals surface area contributed by atoms with Crippen LogP contribution in [0.25, 0.3) is 0 Å². The molecule has 0 saturated carbocycles. The third-order valence-corrected chi connectivity index (χ3v) is 4.13. The molecule has 7 nitrogen and oxygen atoms in total. The molecule has 2 aromatic carbocycles. The Hall–Kier alpha value is -3.05. The molecule has 0 unspecified atom stereocenters. The van der Waals surface area contributed by atoms with Crippen LogP contribution < -0.4 is 10.1 Å². The maximum absolute atomic E-state index is 12.1. The van der Waals surface area contributed by atoms with Crippen LogP contribution in [-0.2, 0) is 4.79 Å². The van der Waals surface area contributed by atoms with Gasteiger partial charge in [0.1, 0.15) is 5.75 Å². The summed E-state index contributed by atoms with van der Waals surface area (Å²) in [5.74, 6) is 0.303. The van der Waals surface area contributed by atoms with Crippen LogP contribution >= 0.6 is 11.8 Å². The molecule has 0 spiro atoms. The smallest absolute Gasteiger partial charge is 0.272 e. The Kier molecular flexibility index (Phi) is 6.37. The minimum atomic E-state index is -0.471. The zero-order valence-electron chi connectivity index (χ0n) is 13.4. The fourth-order valence-corrected chi connectivity index (χ4v) is 2.73. The lowest BCUT2D eigenvalue weighted by molar-refractivity contribution is -0.385. The van der Waals surface area contributed by atoms with Gasteiger partial charge in [-0.2, -0.15) is 5.26 Å². The van der Waals surface area contributed by atoms with Crippen LogP contribution in [0.5, 0.6) is 5.75 Å². The monoisotopic (exact) mass is 357 g/mol. The van der Waals surface area contributed by atoms with Crippen LogP contribution in [0.3, 0.4) is 0 Å². The average Bonchev–Trinajstić information content (AvgIpc) is 2.59. The van der Waals surface area contributed by atoms with Crippen LogP contribution in [0, 0.1) is 28.4 Å². The lowest BCUT2D eigenvalue weighted by atomic mass is 10.2. The first kappa shape index (κ1) is 18.3. The first-order valence-corrected chi connectivity index (χ1v) is 8.26. The lowest BCUT2D eigenvalue weighted by Crippen LogP contribution is -2.20. The number of amides is 1. The molecule has 2 aromatic rings. The van der Waals surface area contributed by atoms with Crippen molar-refractivity contribution >= 4 is 29.0 Å². The molecule has 0 aliphatic carbocycles. The SMILES string of the molecule is Cc1cc(OCC(=O)Nc2ccccc2SCC#N)ccc1[N+](=O)[O-]. The number of nitrogens with one attached hydrogen (secondary N) is 1. The van der Waals surface area contributed by atoms with Crippen molar-refractivity contribution in [3.63, 3.8) is 0 Å². The number of benzene rings is 2. The molecule has 25 heavy (non-hydrogen) atoms. The van der Waals surface area contributed by atoms with E-state index < -0.39 is 4.92 Å². The third kappa shape index (κ3) is 5.22. The molecule has 1 amide bonds. The van der Waals surface area contributed by atoms with Crippen molar-refractivity contribution in [3.05, 3.63) is 58.1 Å². The molecule has 0 aliphatic heterocycles. The predicted molar refractivity (Wildman–Crippen MR) is 94.7 cm³/mol. The van der Waals surface area contributed by atoms with Gasteiger partial charge >= 0.3 is 0 Å². The first-order chi connectivity index (χ1) is 12.0. The Labute approximate surface area is 148 Å². The Morgan fingerprint density at radius 1 is 1.36 bits per heavy atom. The van der Waals surface area contributed by atoms with Gasteiger partial charge in [0.25, 0.3) is 11.6 Å². The summed E-state index contributed by atoms with van der Waals surface area (Å²) in [5, 5.41) is 22.2. The normalized spacial score (nSPS) is 9.92. The maximum atomic E-state index is 12.1. The van der Waals surface area contributed by atoms with Crippen molar-refractivity contribution in [2.75, 3.05) is 17.7 Å². The second-order valence-corrected chi connectivity index (χ2v) is 6.00. The highest BCUT2D eigenvalue weighted by atomic mass is 32.2. The predicted octanol–water partition coefficient (Wildman–Crippen LogP) is 3.54. The molecular formula is C17H15N3O4S. The molecule has 2 rings (SSSR count). The Balaban J connectivity index is 1.96. The summed E-state index contributed by atoms with van der Waals surface area (Å²) in [4.78, 5) is 23.2. The quantitative estimate of drug-likeness (QED) is 0.461. The molecule has 0 aliphatic rings. The van der Waals surface area contributed by atoms with Crippen molar-refractivity contribution in [1.29, 1.82) is 5.26 Å². The van der Waals surface area contributed by atoms with Crippen LogP contribution in [0.4, 0.5) is 11.4 Å². The summed E-state index contributed by atoms with van der Waals surface area (Å²) in [5.41, 5.74) is 1.07. The summed E-state index contributed by atoms with van der Waals surface area (Å²) >= 11 is 1.33. The van der Waals surface area contributed by atoms with E-state index in [2.05, 4.69) is 5.32 Å². The van der Waals surface area contributed by atoms with E-state index in [0.717, 1.165) is 4.90 Å². The minimum Gasteiger partial charge on any atom is -0.484 e. The summed E-state index contributed by atoms with van der Waals surface area (Å²) in [6, 6.07) is 13.5. The molecule has 0 fully saturated rings. The molecule has 0 heterocycles. The molecule has 0 radical (unpaired) electrons. The number of hydrogen-bond acceptors (Lipinski definition) is 6. The van der Waals surface area contributed by atoms with Crippen LogP contribution in [0.15, 0.2) is 47.4 Å². The zero-order valence-corrected chi connectivity index (χ0v) is 14.2. The number of ether oxygens (including phenoxy) is 1. The summed E-state index contributed by atoms with van der Waals surface area (Å²) in [6.45, 7) is 1.38. The van der Waals surface area contributed by atoms with Crippen LogP contribution in [-0.4, -0.2) is 23.2 Å².